The van der Waals surface area contributed by atoms with E-state index < -0.39 is 0 Å². The van der Waals surface area contributed by atoms with Gasteiger partial charge in [0, 0.05) is 10.3 Å². The standard InChI is InChI=1S/C16H22OS/c1-10-2-14(9-18-10)15(17)16-6-11-3-12(7-16)5-13(4-11)8-16/h2,9,11-13,15,17H,3-8H2,1H3. The summed E-state index contributed by atoms with van der Waals surface area (Å²) in [6.45, 7) is 2.14. The van der Waals surface area contributed by atoms with Crippen LogP contribution >= 0.6 is 11.3 Å². The zero-order valence-corrected chi connectivity index (χ0v) is 11.9. The van der Waals surface area contributed by atoms with Gasteiger partial charge in [0.2, 0.25) is 0 Å². The summed E-state index contributed by atoms with van der Waals surface area (Å²) in [4.78, 5) is 1.33. The predicted molar refractivity (Wildman–Crippen MR) is 74.6 cm³/mol. The van der Waals surface area contributed by atoms with E-state index in [1.54, 1.807) is 11.3 Å². The molecule has 0 aromatic carbocycles. The highest BCUT2D eigenvalue weighted by molar-refractivity contribution is 7.10. The summed E-state index contributed by atoms with van der Waals surface area (Å²) in [6.07, 6.45) is 8.02. The Hall–Kier alpha value is -0.340. The second-order valence-electron chi connectivity index (χ2n) is 7.17. The van der Waals surface area contributed by atoms with Gasteiger partial charge in [0.1, 0.15) is 0 Å². The van der Waals surface area contributed by atoms with Crippen molar-refractivity contribution in [3.63, 3.8) is 0 Å². The van der Waals surface area contributed by atoms with Gasteiger partial charge in [-0.05, 0) is 80.2 Å². The largest absolute Gasteiger partial charge is 0.388 e. The van der Waals surface area contributed by atoms with Crippen LogP contribution in [0.25, 0.3) is 0 Å². The highest BCUT2D eigenvalue weighted by atomic mass is 32.1. The van der Waals surface area contributed by atoms with Crippen molar-refractivity contribution in [3.05, 3.63) is 21.9 Å². The van der Waals surface area contributed by atoms with E-state index in [4.69, 9.17) is 0 Å². The van der Waals surface area contributed by atoms with Crippen molar-refractivity contribution in [2.24, 2.45) is 23.2 Å². The molecule has 4 fully saturated rings. The number of aliphatic hydroxyl groups is 1. The van der Waals surface area contributed by atoms with Crippen molar-refractivity contribution in [1.29, 1.82) is 0 Å². The third-order valence-electron chi connectivity index (χ3n) is 5.73. The fourth-order valence-electron chi connectivity index (χ4n) is 5.47. The van der Waals surface area contributed by atoms with Crippen LogP contribution in [0.15, 0.2) is 11.4 Å². The minimum Gasteiger partial charge on any atom is -0.388 e. The van der Waals surface area contributed by atoms with E-state index in [-0.39, 0.29) is 11.5 Å². The molecule has 0 amide bonds. The summed E-state index contributed by atoms with van der Waals surface area (Å²) in [5, 5.41) is 13.1. The smallest absolute Gasteiger partial charge is 0.0854 e. The zero-order valence-electron chi connectivity index (χ0n) is 11.1. The first-order valence-corrected chi connectivity index (χ1v) is 8.26. The van der Waals surface area contributed by atoms with Crippen LogP contribution in [-0.4, -0.2) is 5.11 Å². The second-order valence-corrected chi connectivity index (χ2v) is 8.29. The Morgan fingerprint density at radius 1 is 1.17 bits per heavy atom. The van der Waals surface area contributed by atoms with E-state index >= 15 is 0 Å². The topological polar surface area (TPSA) is 20.2 Å². The highest BCUT2D eigenvalue weighted by Gasteiger charge is 2.54. The van der Waals surface area contributed by atoms with Gasteiger partial charge in [-0.25, -0.2) is 0 Å². The normalized spacial score (nSPS) is 43.3. The molecule has 1 nitrogen and oxygen atoms in total. The minimum atomic E-state index is -0.198. The summed E-state index contributed by atoms with van der Waals surface area (Å²) in [7, 11) is 0. The van der Waals surface area contributed by atoms with Crippen molar-refractivity contribution < 1.29 is 5.11 Å². The summed E-state index contributed by atoms with van der Waals surface area (Å²) in [5.41, 5.74) is 1.43. The average molecular weight is 262 g/mol. The molecule has 1 aromatic heterocycles. The van der Waals surface area contributed by atoms with Gasteiger partial charge < -0.3 is 5.11 Å². The van der Waals surface area contributed by atoms with E-state index in [1.165, 1.54) is 49.0 Å². The number of hydrogen-bond acceptors (Lipinski definition) is 2. The van der Waals surface area contributed by atoms with Crippen molar-refractivity contribution >= 4 is 11.3 Å². The average Bonchev–Trinajstić information content (AvgIpc) is 2.73. The van der Waals surface area contributed by atoms with Crippen LogP contribution in [0.3, 0.4) is 0 Å². The molecule has 1 aromatic rings. The first kappa shape index (κ1) is 11.5. The van der Waals surface area contributed by atoms with Gasteiger partial charge >= 0.3 is 0 Å². The van der Waals surface area contributed by atoms with E-state index in [1.807, 2.05) is 0 Å². The minimum absolute atomic E-state index is 0.198. The number of rotatable bonds is 2. The zero-order chi connectivity index (χ0) is 12.3. The lowest BCUT2D eigenvalue weighted by Crippen LogP contribution is -2.48. The van der Waals surface area contributed by atoms with E-state index in [2.05, 4.69) is 18.4 Å². The quantitative estimate of drug-likeness (QED) is 0.842. The molecule has 4 aliphatic rings. The number of aryl methyl sites for hydroxylation is 1. The van der Waals surface area contributed by atoms with Crippen LogP contribution in [0.5, 0.6) is 0 Å². The Kier molecular flexibility index (Phi) is 2.44. The maximum atomic E-state index is 10.9. The van der Waals surface area contributed by atoms with Crippen LogP contribution in [0, 0.1) is 30.1 Å². The summed E-state index contributed by atoms with van der Waals surface area (Å²) < 4.78 is 0. The monoisotopic (exact) mass is 262 g/mol. The lowest BCUT2D eigenvalue weighted by Gasteiger charge is -2.58. The van der Waals surface area contributed by atoms with Gasteiger partial charge in [0.25, 0.3) is 0 Å². The second kappa shape index (κ2) is 3.83. The van der Waals surface area contributed by atoms with Crippen molar-refractivity contribution in [1.82, 2.24) is 0 Å². The molecule has 1 unspecified atom stereocenters. The number of hydrogen-bond donors (Lipinski definition) is 1. The third kappa shape index (κ3) is 1.61. The van der Waals surface area contributed by atoms with Crippen molar-refractivity contribution in [2.45, 2.75) is 51.6 Å². The first-order chi connectivity index (χ1) is 8.64. The van der Waals surface area contributed by atoms with Gasteiger partial charge in [0.05, 0.1) is 6.10 Å². The Bertz CT molecular complexity index is 426. The van der Waals surface area contributed by atoms with Gasteiger partial charge in [-0.15, -0.1) is 11.3 Å². The lowest BCUT2D eigenvalue weighted by molar-refractivity contribution is -0.122. The molecule has 98 valence electrons. The Morgan fingerprint density at radius 2 is 1.72 bits per heavy atom. The fraction of sp³-hybridized carbons (Fsp3) is 0.750. The molecule has 1 heterocycles. The van der Waals surface area contributed by atoms with Crippen LogP contribution in [-0.2, 0) is 0 Å². The summed E-state index contributed by atoms with van der Waals surface area (Å²) >= 11 is 1.78. The Morgan fingerprint density at radius 3 is 2.17 bits per heavy atom. The molecule has 0 aliphatic heterocycles. The first-order valence-electron chi connectivity index (χ1n) is 7.38. The highest BCUT2D eigenvalue weighted by Crippen LogP contribution is 2.64. The summed E-state index contributed by atoms with van der Waals surface area (Å²) in [5.74, 6) is 2.77. The molecule has 0 spiro atoms. The van der Waals surface area contributed by atoms with E-state index in [0.717, 1.165) is 17.8 Å². The van der Waals surface area contributed by atoms with Crippen molar-refractivity contribution in [3.8, 4) is 0 Å². The van der Waals surface area contributed by atoms with Crippen LogP contribution in [0.1, 0.15) is 55.1 Å². The SMILES string of the molecule is Cc1cc(C(O)C23CC4CC(CC(C4)C2)C3)cs1. The van der Waals surface area contributed by atoms with Gasteiger partial charge in [-0.3, -0.25) is 0 Å². The van der Waals surface area contributed by atoms with Gasteiger partial charge in [-0.1, -0.05) is 0 Å². The number of aliphatic hydroxyl groups excluding tert-OH is 1. The third-order valence-corrected chi connectivity index (χ3v) is 6.61. The van der Waals surface area contributed by atoms with Crippen LogP contribution in [0.4, 0.5) is 0 Å². The molecule has 4 saturated carbocycles. The molecule has 1 atom stereocenters. The molecule has 2 heteroatoms. The van der Waals surface area contributed by atoms with Gasteiger partial charge in [-0.2, -0.15) is 0 Å². The maximum Gasteiger partial charge on any atom is 0.0854 e. The molecule has 0 radical (unpaired) electrons. The van der Waals surface area contributed by atoms with Crippen molar-refractivity contribution in [2.75, 3.05) is 0 Å². The molecule has 5 rings (SSSR count). The lowest BCUT2D eigenvalue weighted by atomic mass is 9.48. The molecule has 1 N–H and O–H groups in total. The molecule has 4 aliphatic carbocycles. The Labute approximate surface area is 113 Å². The predicted octanol–water partition coefficient (Wildman–Crippen LogP) is 4.31. The molecule has 18 heavy (non-hydrogen) atoms. The molecular formula is C16H22OS. The van der Waals surface area contributed by atoms with Crippen LogP contribution < -0.4 is 0 Å². The van der Waals surface area contributed by atoms with Gasteiger partial charge in [0.15, 0.2) is 0 Å². The molecule has 4 bridgehead atoms. The van der Waals surface area contributed by atoms with Crippen LogP contribution in [0.2, 0.25) is 0 Å². The van der Waals surface area contributed by atoms with E-state index in [0.29, 0.717) is 0 Å². The summed E-state index contributed by atoms with van der Waals surface area (Å²) in [6, 6.07) is 2.20. The van der Waals surface area contributed by atoms with E-state index in [9.17, 15) is 5.11 Å². The molecule has 0 saturated heterocycles. The number of thiophene rings is 1. The molecular weight excluding hydrogens is 240 g/mol. The fourth-order valence-corrected chi connectivity index (χ4v) is 6.20. The maximum absolute atomic E-state index is 10.9. The Balaban J connectivity index is 1.67.